The zero-order valence-electron chi connectivity index (χ0n) is 11.7. The van der Waals surface area contributed by atoms with Gasteiger partial charge in [0.2, 0.25) is 0 Å². The van der Waals surface area contributed by atoms with Crippen molar-refractivity contribution in [3.8, 4) is 0 Å². The number of nitrogens with zero attached hydrogens (tertiary/aromatic N) is 3. The Hall–Kier alpha value is -2.17. The Balaban J connectivity index is 2.32. The molecule has 0 spiro atoms. The van der Waals surface area contributed by atoms with Crippen LogP contribution in [0.5, 0.6) is 0 Å². The zero-order valence-corrected chi connectivity index (χ0v) is 11.7. The van der Waals surface area contributed by atoms with Gasteiger partial charge in [0, 0.05) is 18.8 Å². The molecule has 19 heavy (non-hydrogen) atoms. The molecule has 100 valence electrons. The summed E-state index contributed by atoms with van der Waals surface area (Å²) < 4.78 is 1.70. The number of carbonyl (C=O) groups is 1. The first-order valence-corrected chi connectivity index (χ1v) is 6.30. The third-order valence-corrected chi connectivity index (χ3v) is 3.16. The summed E-state index contributed by atoms with van der Waals surface area (Å²) in [5.74, 6) is 0.547. The van der Waals surface area contributed by atoms with Crippen LogP contribution in [0.2, 0.25) is 0 Å². The lowest BCUT2D eigenvalue weighted by Crippen LogP contribution is -2.18. The number of pyridine rings is 1. The molecule has 2 rings (SSSR count). The Morgan fingerprint density at radius 2 is 2.16 bits per heavy atom. The molecule has 0 aliphatic heterocycles. The van der Waals surface area contributed by atoms with Crippen LogP contribution in [-0.2, 0) is 13.5 Å². The van der Waals surface area contributed by atoms with E-state index in [1.165, 1.54) is 0 Å². The SMILES string of the molecule is CCc1c(C)nn(C)c1NC(=O)c1ncccc1C. The third kappa shape index (κ3) is 2.50. The Morgan fingerprint density at radius 3 is 2.79 bits per heavy atom. The molecule has 1 amide bonds. The second-order valence-electron chi connectivity index (χ2n) is 4.51. The van der Waals surface area contributed by atoms with Gasteiger partial charge in [-0.3, -0.25) is 14.5 Å². The fraction of sp³-hybridized carbons (Fsp3) is 0.357. The van der Waals surface area contributed by atoms with Gasteiger partial charge in [0.1, 0.15) is 11.5 Å². The molecule has 2 heterocycles. The lowest BCUT2D eigenvalue weighted by Gasteiger charge is -2.08. The van der Waals surface area contributed by atoms with Crippen LogP contribution in [0, 0.1) is 13.8 Å². The first-order chi connectivity index (χ1) is 9.04. The molecule has 0 aliphatic carbocycles. The van der Waals surface area contributed by atoms with Crippen LogP contribution in [0.15, 0.2) is 18.3 Å². The van der Waals surface area contributed by atoms with Gasteiger partial charge in [0.05, 0.1) is 5.69 Å². The lowest BCUT2D eigenvalue weighted by atomic mass is 10.2. The molecule has 0 saturated heterocycles. The molecule has 0 unspecified atom stereocenters. The lowest BCUT2D eigenvalue weighted by molar-refractivity contribution is 0.102. The first-order valence-electron chi connectivity index (χ1n) is 6.30. The van der Waals surface area contributed by atoms with Crippen LogP contribution in [0.3, 0.4) is 0 Å². The van der Waals surface area contributed by atoms with Crippen molar-refractivity contribution >= 4 is 11.7 Å². The normalized spacial score (nSPS) is 10.5. The van der Waals surface area contributed by atoms with E-state index in [1.54, 1.807) is 10.9 Å². The van der Waals surface area contributed by atoms with Gasteiger partial charge in [-0.2, -0.15) is 5.10 Å². The van der Waals surface area contributed by atoms with Gasteiger partial charge >= 0.3 is 0 Å². The second kappa shape index (κ2) is 5.22. The summed E-state index contributed by atoms with van der Waals surface area (Å²) in [6.07, 6.45) is 2.45. The van der Waals surface area contributed by atoms with Crippen LogP contribution in [0.25, 0.3) is 0 Å². The summed E-state index contributed by atoms with van der Waals surface area (Å²) in [5.41, 5.74) is 3.31. The minimum absolute atomic E-state index is 0.198. The molecule has 0 atom stereocenters. The highest BCUT2D eigenvalue weighted by Crippen LogP contribution is 2.20. The number of aromatic nitrogens is 3. The Bertz CT molecular complexity index is 616. The topological polar surface area (TPSA) is 59.8 Å². The predicted molar refractivity (Wildman–Crippen MR) is 74.3 cm³/mol. The smallest absolute Gasteiger partial charge is 0.275 e. The highest BCUT2D eigenvalue weighted by Gasteiger charge is 2.16. The van der Waals surface area contributed by atoms with E-state index >= 15 is 0 Å². The number of anilines is 1. The van der Waals surface area contributed by atoms with Crippen LogP contribution in [-0.4, -0.2) is 20.7 Å². The number of hydrogen-bond donors (Lipinski definition) is 1. The van der Waals surface area contributed by atoms with Crippen molar-refractivity contribution in [3.05, 3.63) is 40.8 Å². The minimum Gasteiger partial charge on any atom is -0.305 e. The quantitative estimate of drug-likeness (QED) is 0.918. The van der Waals surface area contributed by atoms with Gasteiger partial charge in [0.25, 0.3) is 5.91 Å². The molecular weight excluding hydrogens is 240 g/mol. The number of aryl methyl sites for hydroxylation is 3. The van der Waals surface area contributed by atoms with Gasteiger partial charge in [-0.25, -0.2) is 0 Å². The molecule has 0 aromatic carbocycles. The fourth-order valence-corrected chi connectivity index (χ4v) is 2.17. The molecule has 2 aromatic rings. The summed E-state index contributed by atoms with van der Waals surface area (Å²) in [6.45, 7) is 5.86. The van der Waals surface area contributed by atoms with Gasteiger partial charge in [-0.15, -0.1) is 0 Å². The number of amides is 1. The summed E-state index contributed by atoms with van der Waals surface area (Å²) in [7, 11) is 1.83. The average molecular weight is 258 g/mol. The molecule has 0 saturated carbocycles. The van der Waals surface area contributed by atoms with Crippen molar-refractivity contribution in [2.75, 3.05) is 5.32 Å². The van der Waals surface area contributed by atoms with E-state index in [0.29, 0.717) is 5.69 Å². The van der Waals surface area contributed by atoms with Crippen molar-refractivity contribution in [1.29, 1.82) is 0 Å². The summed E-state index contributed by atoms with van der Waals surface area (Å²) in [6, 6.07) is 3.69. The van der Waals surface area contributed by atoms with E-state index in [9.17, 15) is 4.79 Å². The van der Waals surface area contributed by atoms with E-state index in [-0.39, 0.29) is 5.91 Å². The predicted octanol–water partition coefficient (Wildman–Crippen LogP) is 2.25. The largest absolute Gasteiger partial charge is 0.305 e. The Labute approximate surface area is 112 Å². The van der Waals surface area contributed by atoms with Crippen LogP contribution < -0.4 is 5.32 Å². The zero-order chi connectivity index (χ0) is 14.0. The van der Waals surface area contributed by atoms with Gasteiger partial charge in [0.15, 0.2) is 0 Å². The molecule has 2 aromatic heterocycles. The summed E-state index contributed by atoms with van der Waals surface area (Å²) in [5, 5.41) is 7.24. The summed E-state index contributed by atoms with van der Waals surface area (Å²) >= 11 is 0. The number of nitrogens with one attached hydrogen (secondary N) is 1. The molecule has 0 radical (unpaired) electrons. The summed E-state index contributed by atoms with van der Waals surface area (Å²) in [4.78, 5) is 16.4. The van der Waals surface area contributed by atoms with Crippen molar-refractivity contribution in [1.82, 2.24) is 14.8 Å². The Kier molecular flexibility index (Phi) is 3.64. The van der Waals surface area contributed by atoms with E-state index in [1.807, 2.05) is 40.0 Å². The van der Waals surface area contributed by atoms with E-state index < -0.39 is 0 Å². The molecular formula is C14H18N4O. The Morgan fingerprint density at radius 1 is 1.42 bits per heavy atom. The van der Waals surface area contributed by atoms with Gasteiger partial charge < -0.3 is 5.32 Å². The second-order valence-corrected chi connectivity index (χ2v) is 4.51. The van der Waals surface area contributed by atoms with Crippen molar-refractivity contribution in [2.24, 2.45) is 7.05 Å². The maximum absolute atomic E-state index is 12.2. The highest BCUT2D eigenvalue weighted by atomic mass is 16.2. The van der Waals surface area contributed by atoms with Crippen molar-refractivity contribution in [3.63, 3.8) is 0 Å². The molecule has 5 nitrogen and oxygen atoms in total. The minimum atomic E-state index is -0.198. The van der Waals surface area contributed by atoms with E-state index in [2.05, 4.69) is 15.4 Å². The molecule has 5 heteroatoms. The maximum Gasteiger partial charge on any atom is 0.275 e. The van der Waals surface area contributed by atoms with Crippen LogP contribution in [0.4, 0.5) is 5.82 Å². The number of carbonyl (C=O) groups excluding carboxylic acids is 1. The molecule has 0 fully saturated rings. The van der Waals surface area contributed by atoms with Gasteiger partial charge in [-0.05, 0) is 31.9 Å². The molecule has 0 bridgehead atoms. The monoisotopic (exact) mass is 258 g/mol. The van der Waals surface area contributed by atoms with E-state index in [4.69, 9.17) is 0 Å². The number of hydrogen-bond acceptors (Lipinski definition) is 3. The molecule has 1 N–H and O–H groups in total. The maximum atomic E-state index is 12.2. The molecule has 0 aliphatic rings. The van der Waals surface area contributed by atoms with Crippen LogP contribution >= 0.6 is 0 Å². The first kappa shape index (κ1) is 13.3. The highest BCUT2D eigenvalue weighted by molar-refractivity contribution is 6.03. The van der Waals surface area contributed by atoms with Crippen molar-refractivity contribution < 1.29 is 4.79 Å². The van der Waals surface area contributed by atoms with Gasteiger partial charge in [-0.1, -0.05) is 13.0 Å². The van der Waals surface area contributed by atoms with E-state index in [0.717, 1.165) is 29.1 Å². The van der Waals surface area contributed by atoms with Crippen molar-refractivity contribution in [2.45, 2.75) is 27.2 Å². The standard InChI is InChI=1S/C14H18N4O/c1-5-11-10(3)17-18(4)13(11)16-14(19)12-9(2)7-6-8-15-12/h6-8H,5H2,1-4H3,(H,16,19). The fourth-order valence-electron chi connectivity index (χ4n) is 2.17. The number of rotatable bonds is 3. The third-order valence-electron chi connectivity index (χ3n) is 3.16. The average Bonchev–Trinajstić information content (AvgIpc) is 2.64. The van der Waals surface area contributed by atoms with Crippen LogP contribution in [0.1, 0.15) is 34.2 Å².